The molecule has 1 fully saturated rings. The highest BCUT2D eigenvalue weighted by atomic mass is 35.5. The highest BCUT2D eigenvalue weighted by Gasteiger charge is 2.33. The van der Waals surface area contributed by atoms with Crippen LogP contribution in [0.1, 0.15) is 44.6 Å². The first-order valence-electron chi connectivity index (χ1n) is 7.26. The molecule has 0 radical (unpaired) electrons. The van der Waals surface area contributed by atoms with Crippen molar-refractivity contribution in [1.29, 1.82) is 0 Å². The Morgan fingerprint density at radius 2 is 2.05 bits per heavy atom. The molecule has 1 aliphatic rings. The van der Waals surface area contributed by atoms with Crippen molar-refractivity contribution in [2.24, 2.45) is 11.1 Å². The Balaban J connectivity index is 1.96. The number of hydrogen-bond acceptors (Lipinski definition) is 3. The molecule has 1 aromatic carbocycles. The fourth-order valence-corrected chi connectivity index (χ4v) is 3.14. The van der Waals surface area contributed by atoms with Crippen LogP contribution in [0.5, 0.6) is 5.75 Å². The molecule has 0 heterocycles. The maximum Gasteiger partial charge on any atom is 0.173 e. The molecule has 20 heavy (non-hydrogen) atoms. The van der Waals surface area contributed by atoms with Gasteiger partial charge >= 0.3 is 0 Å². The lowest BCUT2D eigenvalue weighted by molar-refractivity contribution is 0.00878. The fourth-order valence-electron chi connectivity index (χ4n) is 2.98. The number of benzene rings is 1. The van der Waals surface area contributed by atoms with Gasteiger partial charge in [-0.25, -0.2) is 0 Å². The van der Waals surface area contributed by atoms with Gasteiger partial charge in [-0.05, 0) is 49.3 Å². The van der Waals surface area contributed by atoms with E-state index < -0.39 is 12.3 Å². The number of rotatable bonds is 5. The third kappa shape index (κ3) is 3.87. The first-order chi connectivity index (χ1) is 9.39. The first kappa shape index (κ1) is 15.6. The number of nitrogens with two attached hydrogens (primary N) is 1. The highest BCUT2D eigenvalue weighted by molar-refractivity contribution is 6.32. The van der Waals surface area contributed by atoms with Crippen molar-refractivity contribution in [3.8, 4) is 5.75 Å². The van der Waals surface area contributed by atoms with Gasteiger partial charge in [0.2, 0.25) is 0 Å². The monoisotopic (exact) mass is 297 g/mol. The van der Waals surface area contributed by atoms with E-state index in [-0.39, 0.29) is 5.41 Å². The minimum Gasteiger partial charge on any atom is -0.471 e. The van der Waals surface area contributed by atoms with Gasteiger partial charge in [0.1, 0.15) is 11.9 Å². The zero-order chi connectivity index (χ0) is 14.8. The van der Waals surface area contributed by atoms with Crippen molar-refractivity contribution in [2.75, 3.05) is 0 Å². The van der Waals surface area contributed by atoms with E-state index in [1.165, 1.54) is 12.8 Å². The van der Waals surface area contributed by atoms with Gasteiger partial charge in [-0.3, -0.25) is 5.73 Å². The first-order valence-corrected chi connectivity index (χ1v) is 7.64. The zero-order valence-electron chi connectivity index (χ0n) is 12.2. The third-order valence-corrected chi connectivity index (χ3v) is 4.55. The lowest BCUT2D eigenvalue weighted by Crippen LogP contribution is -2.42. The summed E-state index contributed by atoms with van der Waals surface area (Å²) in [4.78, 5) is 0. The minimum atomic E-state index is -0.744. The Morgan fingerprint density at radius 3 is 2.70 bits per heavy atom. The van der Waals surface area contributed by atoms with Gasteiger partial charge in [-0.2, -0.15) is 0 Å². The van der Waals surface area contributed by atoms with Crippen LogP contribution in [0.2, 0.25) is 5.02 Å². The zero-order valence-corrected chi connectivity index (χ0v) is 13.0. The van der Waals surface area contributed by atoms with E-state index in [1.54, 1.807) is 6.07 Å². The Hall–Kier alpha value is -0.770. The average molecular weight is 298 g/mol. The second-order valence-corrected chi connectivity index (χ2v) is 6.71. The van der Waals surface area contributed by atoms with Gasteiger partial charge in [-0.15, -0.1) is 0 Å². The van der Waals surface area contributed by atoms with Crippen LogP contribution in [0.25, 0.3) is 0 Å². The van der Waals surface area contributed by atoms with Crippen molar-refractivity contribution in [2.45, 2.75) is 58.3 Å². The van der Waals surface area contributed by atoms with Crippen molar-refractivity contribution in [3.05, 3.63) is 28.8 Å². The molecule has 1 saturated carbocycles. The van der Waals surface area contributed by atoms with Crippen LogP contribution in [0.3, 0.4) is 0 Å². The SMILES string of the molecule is Cc1ccc(Cl)c(OC(N)C(O)CC2(C)CCCC2)c1. The quantitative estimate of drug-likeness (QED) is 0.816. The van der Waals surface area contributed by atoms with Crippen molar-refractivity contribution < 1.29 is 9.84 Å². The van der Waals surface area contributed by atoms with Crippen LogP contribution in [-0.2, 0) is 0 Å². The van der Waals surface area contributed by atoms with Crippen molar-refractivity contribution in [3.63, 3.8) is 0 Å². The van der Waals surface area contributed by atoms with Crippen LogP contribution >= 0.6 is 11.6 Å². The Labute approximate surface area is 126 Å². The molecule has 2 unspecified atom stereocenters. The lowest BCUT2D eigenvalue weighted by atomic mass is 9.82. The number of aryl methyl sites for hydroxylation is 1. The second-order valence-electron chi connectivity index (χ2n) is 6.31. The van der Waals surface area contributed by atoms with Gasteiger partial charge in [-0.1, -0.05) is 37.4 Å². The Kier molecular flexibility index (Phi) is 4.95. The molecule has 0 saturated heterocycles. The van der Waals surface area contributed by atoms with E-state index >= 15 is 0 Å². The summed E-state index contributed by atoms with van der Waals surface area (Å²) in [6, 6.07) is 5.53. The van der Waals surface area contributed by atoms with Crippen LogP contribution < -0.4 is 10.5 Å². The molecule has 0 aliphatic heterocycles. The molecule has 2 atom stereocenters. The third-order valence-electron chi connectivity index (χ3n) is 4.24. The van der Waals surface area contributed by atoms with Gasteiger partial charge in [0.25, 0.3) is 0 Å². The van der Waals surface area contributed by atoms with Crippen LogP contribution in [0.4, 0.5) is 0 Å². The molecule has 0 aromatic heterocycles. The van der Waals surface area contributed by atoms with Crippen molar-refractivity contribution >= 4 is 11.6 Å². The number of ether oxygens (including phenoxy) is 1. The van der Waals surface area contributed by atoms with E-state index in [0.29, 0.717) is 17.2 Å². The Bertz CT molecular complexity index is 458. The largest absolute Gasteiger partial charge is 0.471 e. The molecule has 112 valence electrons. The van der Waals surface area contributed by atoms with Gasteiger partial charge in [0.05, 0.1) is 5.02 Å². The molecule has 0 spiro atoms. The molecule has 3 N–H and O–H groups in total. The van der Waals surface area contributed by atoms with E-state index in [9.17, 15) is 5.11 Å². The summed E-state index contributed by atoms with van der Waals surface area (Å²) in [5, 5.41) is 10.8. The van der Waals surface area contributed by atoms with Crippen molar-refractivity contribution in [1.82, 2.24) is 0 Å². The maximum atomic E-state index is 10.3. The predicted molar refractivity (Wildman–Crippen MR) is 82.0 cm³/mol. The Morgan fingerprint density at radius 1 is 1.40 bits per heavy atom. The molecule has 3 nitrogen and oxygen atoms in total. The summed E-state index contributed by atoms with van der Waals surface area (Å²) in [7, 11) is 0. The topological polar surface area (TPSA) is 55.5 Å². The summed E-state index contributed by atoms with van der Waals surface area (Å²) in [5.74, 6) is 0.537. The molecule has 1 aliphatic carbocycles. The maximum absolute atomic E-state index is 10.3. The van der Waals surface area contributed by atoms with Crippen LogP contribution in [-0.4, -0.2) is 17.4 Å². The number of hydrogen-bond donors (Lipinski definition) is 2. The van der Waals surface area contributed by atoms with Gasteiger partial charge in [0, 0.05) is 0 Å². The van der Waals surface area contributed by atoms with Gasteiger partial charge in [0.15, 0.2) is 6.23 Å². The molecule has 1 aromatic rings. The summed E-state index contributed by atoms with van der Waals surface area (Å²) in [6.45, 7) is 4.18. The molecule has 0 bridgehead atoms. The molecular formula is C16H24ClNO2. The smallest absolute Gasteiger partial charge is 0.173 e. The number of aliphatic hydroxyl groups excluding tert-OH is 1. The summed E-state index contributed by atoms with van der Waals surface area (Å²) in [6.07, 6.45) is 4.05. The number of aliphatic hydroxyl groups is 1. The standard InChI is InChI=1S/C16H24ClNO2/c1-11-5-6-12(17)14(9-11)20-15(18)13(19)10-16(2)7-3-4-8-16/h5-6,9,13,15,19H,3-4,7-8,10,18H2,1-2H3. The summed E-state index contributed by atoms with van der Waals surface area (Å²) in [5.41, 5.74) is 7.22. The normalized spacial score (nSPS) is 20.6. The second kappa shape index (κ2) is 6.33. The molecule has 2 rings (SSSR count). The van der Waals surface area contributed by atoms with Crippen LogP contribution in [0.15, 0.2) is 18.2 Å². The molecule has 0 amide bonds. The fraction of sp³-hybridized carbons (Fsp3) is 0.625. The molecular weight excluding hydrogens is 274 g/mol. The number of halogens is 1. The highest BCUT2D eigenvalue weighted by Crippen LogP contribution is 2.41. The molecule has 4 heteroatoms. The average Bonchev–Trinajstić information content (AvgIpc) is 2.80. The summed E-state index contributed by atoms with van der Waals surface area (Å²) < 4.78 is 5.64. The van der Waals surface area contributed by atoms with E-state index in [4.69, 9.17) is 22.1 Å². The minimum absolute atomic E-state index is 0.191. The van der Waals surface area contributed by atoms with E-state index in [1.807, 2.05) is 19.1 Å². The van der Waals surface area contributed by atoms with Gasteiger partial charge < -0.3 is 9.84 Å². The van der Waals surface area contributed by atoms with E-state index in [2.05, 4.69) is 6.92 Å². The van der Waals surface area contributed by atoms with E-state index in [0.717, 1.165) is 18.4 Å². The van der Waals surface area contributed by atoms with Crippen LogP contribution in [0, 0.1) is 12.3 Å². The predicted octanol–water partition coefficient (Wildman–Crippen LogP) is 3.64. The lowest BCUT2D eigenvalue weighted by Gasteiger charge is -2.29. The summed E-state index contributed by atoms with van der Waals surface area (Å²) >= 11 is 6.08.